The van der Waals surface area contributed by atoms with Gasteiger partial charge in [-0.15, -0.1) is 0 Å². The summed E-state index contributed by atoms with van der Waals surface area (Å²) >= 11 is 0. The maximum absolute atomic E-state index is 12.1. The van der Waals surface area contributed by atoms with E-state index in [2.05, 4.69) is 10.6 Å². The van der Waals surface area contributed by atoms with Crippen molar-refractivity contribution in [2.45, 2.75) is 38.6 Å². The monoisotopic (exact) mass is 240 g/mol. The highest BCUT2D eigenvalue weighted by atomic mass is 16.4. The Hall–Kier alpha value is -1.10. The molecule has 1 saturated carbocycles. The zero-order valence-corrected chi connectivity index (χ0v) is 10.2. The molecule has 0 aromatic heterocycles. The van der Waals surface area contributed by atoms with E-state index in [1.54, 1.807) is 0 Å². The molecule has 0 spiro atoms. The Labute approximate surface area is 101 Å². The SMILES string of the molecule is CC1(C(=O)NC2CCCC2C(=O)O)CCNC1. The fraction of sp³-hybridized carbons (Fsp3) is 0.833. The molecule has 2 rings (SSSR count). The van der Waals surface area contributed by atoms with Crippen LogP contribution in [0.25, 0.3) is 0 Å². The van der Waals surface area contributed by atoms with Crippen molar-refractivity contribution >= 4 is 11.9 Å². The van der Waals surface area contributed by atoms with Crippen LogP contribution in [0.2, 0.25) is 0 Å². The molecule has 17 heavy (non-hydrogen) atoms. The largest absolute Gasteiger partial charge is 0.481 e. The van der Waals surface area contributed by atoms with Gasteiger partial charge in [0.15, 0.2) is 0 Å². The fourth-order valence-corrected chi connectivity index (χ4v) is 2.78. The van der Waals surface area contributed by atoms with Gasteiger partial charge >= 0.3 is 5.97 Å². The molecule has 1 amide bonds. The van der Waals surface area contributed by atoms with Crippen molar-refractivity contribution in [1.82, 2.24) is 10.6 Å². The normalized spacial score (nSPS) is 37.0. The number of carboxylic acids is 1. The van der Waals surface area contributed by atoms with Gasteiger partial charge in [0.05, 0.1) is 11.3 Å². The lowest BCUT2D eigenvalue weighted by Gasteiger charge is -2.26. The van der Waals surface area contributed by atoms with Crippen LogP contribution in [-0.2, 0) is 9.59 Å². The third-order valence-corrected chi connectivity index (χ3v) is 4.07. The van der Waals surface area contributed by atoms with Gasteiger partial charge < -0.3 is 15.7 Å². The third-order valence-electron chi connectivity index (χ3n) is 4.07. The van der Waals surface area contributed by atoms with Gasteiger partial charge in [0, 0.05) is 12.6 Å². The van der Waals surface area contributed by atoms with Gasteiger partial charge in [0.2, 0.25) is 5.91 Å². The lowest BCUT2D eigenvalue weighted by molar-refractivity contribution is -0.142. The molecule has 1 saturated heterocycles. The number of hydrogen-bond donors (Lipinski definition) is 3. The lowest BCUT2D eigenvalue weighted by Crippen LogP contribution is -2.47. The smallest absolute Gasteiger partial charge is 0.308 e. The van der Waals surface area contributed by atoms with Crippen molar-refractivity contribution in [2.75, 3.05) is 13.1 Å². The molecular formula is C12H20N2O3. The third kappa shape index (κ3) is 2.44. The second-order valence-corrected chi connectivity index (χ2v) is 5.44. The molecular weight excluding hydrogens is 220 g/mol. The summed E-state index contributed by atoms with van der Waals surface area (Å²) in [4.78, 5) is 23.2. The summed E-state index contributed by atoms with van der Waals surface area (Å²) in [6, 6.07) is -0.183. The highest BCUT2D eigenvalue weighted by Crippen LogP contribution is 2.29. The van der Waals surface area contributed by atoms with Crippen LogP contribution in [0.4, 0.5) is 0 Å². The maximum Gasteiger partial charge on any atom is 0.308 e. The minimum atomic E-state index is -0.789. The summed E-state index contributed by atoms with van der Waals surface area (Å²) in [5, 5.41) is 15.2. The van der Waals surface area contributed by atoms with Crippen LogP contribution in [0, 0.1) is 11.3 Å². The van der Waals surface area contributed by atoms with E-state index in [1.807, 2.05) is 6.92 Å². The molecule has 0 aromatic rings. The standard InChI is InChI=1S/C12H20N2O3/c1-12(5-6-13-7-12)11(17)14-9-4-2-3-8(9)10(15)16/h8-9,13H,2-7H2,1H3,(H,14,17)(H,15,16). The Bertz CT molecular complexity index is 324. The Morgan fingerprint density at radius 3 is 2.76 bits per heavy atom. The highest BCUT2D eigenvalue weighted by Gasteiger charge is 2.40. The molecule has 96 valence electrons. The topological polar surface area (TPSA) is 78.4 Å². The number of carboxylic acid groups (broad SMARTS) is 1. The first kappa shape index (κ1) is 12.4. The summed E-state index contributed by atoms with van der Waals surface area (Å²) in [7, 11) is 0. The van der Waals surface area contributed by atoms with E-state index in [0.29, 0.717) is 13.0 Å². The predicted molar refractivity (Wildman–Crippen MR) is 62.5 cm³/mol. The van der Waals surface area contributed by atoms with Gasteiger partial charge in [-0.2, -0.15) is 0 Å². The summed E-state index contributed by atoms with van der Waals surface area (Å²) in [5.41, 5.74) is -0.369. The van der Waals surface area contributed by atoms with Crippen molar-refractivity contribution in [2.24, 2.45) is 11.3 Å². The lowest BCUT2D eigenvalue weighted by atomic mass is 9.88. The maximum atomic E-state index is 12.1. The summed E-state index contributed by atoms with van der Waals surface area (Å²) in [6.07, 6.45) is 3.17. The molecule has 1 aliphatic carbocycles. The number of rotatable bonds is 3. The van der Waals surface area contributed by atoms with Gasteiger partial charge in [-0.25, -0.2) is 0 Å². The van der Waals surface area contributed by atoms with Gasteiger partial charge in [-0.1, -0.05) is 6.42 Å². The zero-order valence-electron chi connectivity index (χ0n) is 10.2. The molecule has 1 aliphatic heterocycles. The Morgan fingerprint density at radius 1 is 1.41 bits per heavy atom. The van der Waals surface area contributed by atoms with E-state index in [-0.39, 0.29) is 17.4 Å². The molecule has 0 aromatic carbocycles. The van der Waals surface area contributed by atoms with Crippen LogP contribution in [-0.4, -0.2) is 36.1 Å². The number of carbonyl (C=O) groups excluding carboxylic acids is 1. The Kier molecular flexibility index (Phi) is 3.38. The zero-order chi connectivity index (χ0) is 12.5. The second kappa shape index (κ2) is 4.64. The summed E-state index contributed by atoms with van der Waals surface area (Å²) in [5.74, 6) is -1.19. The average molecular weight is 240 g/mol. The van der Waals surface area contributed by atoms with Gasteiger partial charge in [0.1, 0.15) is 0 Å². The minimum Gasteiger partial charge on any atom is -0.481 e. The predicted octanol–water partition coefficient (Wildman–Crippen LogP) is 0.356. The summed E-state index contributed by atoms with van der Waals surface area (Å²) < 4.78 is 0. The average Bonchev–Trinajstić information content (AvgIpc) is 2.87. The van der Waals surface area contributed by atoms with E-state index in [4.69, 9.17) is 5.11 Å². The molecule has 5 nitrogen and oxygen atoms in total. The van der Waals surface area contributed by atoms with Crippen LogP contribution >= 0.6 is 0 Å². The van der Waals surface area contributed by atoms with Crippen LogP contribution < -0.4 is 10.6 Å². The first-order chi connectivity index (χ1) is 8.03. The van der Waals surface area contributed by atoms with E-state index in [9.17, 15) is 9.59 Å². The fourth-order valence-electron chi connectivity index (χ4n) is 2.78. The quantitative estimate of drug-likeness (QED) is 0.665. The first-order valence-electron chi connectivity index (χ1n) is 6.27. The van der Waals surface area contributed by atoms with E-state index >= 15 is 0 Å². The second-order valence-electron chi connectivity index (χ2n) is 5.44. The molecule has 0 bridgehead atoms. The summed E-state index contributed by atoms with van der Waals surface area (Å²) in [6.45, 7) is 3.48. The van der Waals surface area contributed by atoms with Crippen molar-refractivity contribution < 1.29 is 14.7 Å². The molecule has 3 N–H and O–H groups in total. The van der Waals surface area contributed by atoms with Crippen LogP contribution in [0.5, 0.6) is 0 Å². The molecule has 1 heterocycles. The molecule has 2 aliphatic rings. The van der Waals surface area contributed by atoms with Crippen molar-refractivity contribution in [3.8, 4) is 0 Å². The van der Waals surface area contributed by atoms with Crippen LogP contribution in [0.1, 0.15) is 32.6 Å². The van der Waals surface area contributed by atoms with Crippen molar-refractivity contribution in [3.63, 3.8) is 0 Å². The first-order valence-corrected chi connectivity index (χ1v) is 6.27. The number of hydrogen-bond acceptors (Lipinski definition) is 3. The van der Waals surface area contributed by atoms with Crippen molar-refractivity contribution in [1.29, 1.82) is 0 Å². The van der Waals surface area contributed by atoms with Gasteiger partial charge in [-0.05, 0) is 32.7 Å². The number of carbonyl (C=O) groups is 2. The van der Waals surface area contributed by atoms with Crippen LogP contribution in [0.3, 0.4) is 0 Å². The molecule has 3 unspecified atom stereocenters. The minimum absolute atomic E-state index is 0.000602. The van der Waals surface area contributed by atoms with E-state index < -0.39 is 11.9 Å². The van der Waals surface area contributed by atoms with E-state index in [0.717, 1.165) is 25.8 Å². The molecule has 2 fully saturated rings. The molecule has 0 radical (unpaired) electrons. The Balaban J connectivity index is 1.96. The number of amides is 1. The molecule has 5 heteroatoms. The van der Waals surface area contributed by atoms with Crippen molar-refractivity contribution in [3.05, 3.63) is 0 Å². The van der Waals surface area contributed by atoms with Gasteiger partial charge in [0.25, 0.3) is 0 Å². The Morgan fingerprint density at radius 2 is 2.18 bits per heavy atom. The van der Waals surface area contributed by atoms with Crippen LogP contribution in [0.15, 0.2) is 0 Å². The molecule has 3 atom stereocenters. The number of aliphatic carboxylic acids is 1. The number of nitrogens with one attached hydrogen (secondary N) is 2. The van der Waals surface area contributed by atoms with E-state index in [1.165, 1.54) is 0 Å². The highest BCUT2D eigenvalue weighted by molar-refractivity contribution is 5.84. The van der Waals surface area contributed by atoms with Gasteiger partial charge in [-0.3, -0.25) is 9.59 Å².